The van der Waals surface area contributed by atoms with Crippen LogP contribution in [0, 0.1) is 17.0 Å². The predicted octanol–water partition coefficient (Wildman–Crippen LogP) is 2.76. The summed E-state index contributed by atoms with van der Waals surface area (Å²) in [6, 6.07) is 3.30. The van der Waals surface area contributed by atoms with Crippen LogP contribution in [0.2, 0.25) is 5.02 Å². The Bertz CT molecular complexity index is 1080. The van der Waals surface area contributed by atoms with E-state index >= 15 is 0 Å². The van der Waals surface area contributed by atoms with Crippen molar-refractivity contribution < 1.29 is 23.4 Å². The molecule has 6 nitrogen and oxygen atoms in total. The average Bonchev–Trinajstić information content (AvgIpc) is 3.37. The van der Waals surface area contributed by atoms with Gasteiger partial charge in [-0.25, -0.2) is 13.8 Å². The molecule has 4 rings (SSSR count). The lowest BCUT2D eigenvalue weighted by molar-refractivity contribution is -0.123. The lowest BCUT2D eigenvalue weighted by Gasteiger charge is -2.34. The lowest BCUT2D eigenvalue weighted by Crippen LogP contribution is -2.44. The van der Waals surface area contributed by atoms with Crippen LogP contribution in [0.15, 0.2) is 18.2 Å². The van der Waals surface area contributed by atoms with Gasteiger partial charge in [-0.3, -0.25) is 4.79 Å². The largest absolute Gasteiger partial charge is 0.489 e. The van der Waals surface area contributed by atoms with Gasteiger partial charge in [0.1, 0.15) is 40.7 Å². The molecule has 1 fully saturated rings. The van der Waals surface area contributed by atoms with E-state index in [1.807, 2.05) is 6.92 Å². The van der Waals surface area contributed by atoms with Gasteiger partial charge in [-0.05, 0) is 31.9 Å². The number of carbonyl (C=O) groups excluding carboxylic acids is 1. The molecule has 2 heterocycles. The number of halogens is 3. The number of amides is 1. The molecular formula is C21H22ClF2N3O3. The normalized spacial score (nSPS) is 23.4. The van der Waals surface area contributed by atoms with E-state index in [-0.39, 0.29) is 40.9 Å². The van der Waals surface area contributed by atoms with Crippen LogP contribution in [0.25, 0.3) is 11.3 Å². The molecule has 0 radical (unpaired) electrons. The third-order valence-corrected chi connectivity index (χ3v) is 6.89. The number of carbonyl (C=O) groups is 1. The Kier molecular flexibility index (Phi) is 4.61. The molecule has 0 bridgehead atoms. The Morgan fingerprint density at radius 1 is 1.30 bits per heavy atom. The van der Waals surface area contributed by atoms with Crippen LogP contribution < -0.4 is 16.2 Å². The van der Waals surface area contributed by atoms with Gasteiger partial charge in [0.25, 0.3) is 0 Å². The molecule has 0 saturated heterocycles. The second kappa shape index (κ2) is 6.60. The molecule has 1 aromatic carbocycles. The summed E-state index contributed by atoms with van der Waals surface area (Å²) in [5.74, 6) is -2.33. The number of hydrogen-bond acceptors (Lipinski definition) is 5. The van der Waals surface area contributed by atoms with Gasteiger partial charge in [-0.15, -0.1) is 0 Å². The minimum absolute atomic E-state index is 0.00278. The predicted molar refractivity (Wildman–Crippen MR) is 107 cm³/mol. The quantitative estimate of drug-likeness (QED) is 0.623. The van der Waals surface area contributed by atoms with E-state index in [0.717, 1.165) is 18.9 Å². The van der Waals surface area contributed by atoms with Crippen molar-refractivity contribution in [1.29, 1.82) is 0 Å². The van der Waals surface area contributed by atoms with Gasteiger partial charge in [0, 0.05) is 29.2 Å². The molecule has 0 unspecified atom stereocenters. The molecule has 5 N–H and O–H groups in total. The van der Waals surface area contributed by atoms with Gasteiger partial charge >= 0.3 is 0 Å². The van der Waals surface area contributed by atoms with Crippen LogP contribution in [0.4, 0.5) is 8.78 Å². The summed E-state index contributed by atoms with van der Waals surface area (Å²) < 4.78 is 34.2. The Balaban J connectivity index is 2.03. The average molecular weight is 438 g/mol. The molecule has 1 saturated carbocycles. The summed E-state index contributed by atoms with van der Waals surface area (Å²) in [7, 11) is 0. The number of nitrogens with zero attached hydrogens (tertiary/aromatic N) is 1. The van der Waals surface area contributed by atoms with Crippen molar-refractivity contribution in [3.8, 4) is 17.0 Å². The van der Waals surface area contributed by atoms with Crippen LogP contribution in [0.1, 0.15) is 37.9 Å². The summed E-state index contributed by atoms with van der Waals surface area (Å²) in [5.41, 5.74) is 8.75. The Labute approximate surface area is 177 Å². The molecule has 1 amide bonds. The van der Waals surface area contributed by atoms with E-state index in [9.17, 15) is 18.7 Å². The maximum atomic E-state index is 14.7. The van der Waals surface area contributed by atoms with E-state index in [1.54, 1.807) is 13.0 Å². The first-order valence-corrected chi connectivity index (χ1v) is 9.91. The number of hydrogen-bond donors (Lipinski definition) is 3. The van der Waals surface area contributed by atoms with E-state index in [0.29, 0.717) is 11.6 Å². The highest BCUT2D eigenvalue weighted by Crippen LogP contribution is 2.58. The van der Waals surface area contributed by atoms with Gasteiger partial charge in [-0.1, -0.05) is 18.5 Å². The van der Waals surface area contributed by atoms with Crippen LogP contribution >= 0.6 is 11.6 Å². The molecule has 1 aliphatic heterocycles. The first-order valence-electron chi connectivity index (χ1n) is 9.53. The van der Waals surface area contributed by atoms with Gasteiger partial charge in [0.05, 0.1) is 10.7 Å². The summed E-state index contributed by atoms with van der Waals surface area (Å²) in [6.45, 7) is 3.27. The van der Waals surface area contributed by atoms with Gasteiger partial charge in [0.2, 0.25) is 5.91 Å². The number of pyridine rings is 1. The third-order valence-electron chi connectivity index (χ3n) is 6.60. The van der Waals surface area contributed by atoms with Crippen molar-refractivity contribution in [2.24, 2.45) is 16.9 Å². The number of primary amides is 1. The summed E-state index contributed by atoms with van der Waals surface area (Å²) in [6.07, 6.45) is 1.46. The molecule has 9 heteroatoms. The van der Waals surface area contributed by atoms with Crippen LogP contribution in [-0.4, -0.2) is 29.1 Å². The van der Waals surface area contributed by atoms with E-state index in [4.69, 9.17) is 27.8 Å². The summed E-state index contributed by atoms with van der Waals surface area (Å²) in [4.78, 5) is 16.7. The lowest BCUT2D eigenvalue weighted by atomic mass is 9.78. The number of benzene rings is 1. The fourth-order valence-electron chi connectivity index (χ4n) is 3.95. The summed E-state index contributed by atoms with van der Waals surface area (Å²) in [5, 5.41) is 11.1. The number of ether oxygens (including phenoxy) is 1. The van der Waals surface area contributed by atoms with E-state index < -0.39 is 34.0 Å². The van der Waals surface area contributed by atoms with Gasteiger partial charge in [-0.2, -0.15) is 0 Å². The number of aliphatic hydroxyl groups is 1. The zero-order valence-electron chi connectivity index (χ0n) is 16.6. The molecule has 2 aromatic rings. The molecule has 160 valence electrons. The van der Waals surface area contributed by atoms with Gasteiger partial charge in [0.15, 0.2) is 0 Å². The van der Waals surface area contributed by atoms with Crippen LogP contribution in [0.3, 0.4) is 0 Å². The Hall–Kier alpha value is -2.29. The van der Waals surface area contributed by atoms with Crippen molar-refractivity contribution in [2.75, 3.05) is 13.2 Å². The van der Waals surface area contributed by atoms with Crippen molar-refractivity contribution >= 4 is 17.5 Å². The SMILES string of the molecule is CC1([C@](O)(CN)c2cc3c(c(-c4cc(Cl)c(F)cc4F)n2)OC[C@]3(C)C(N)=O)CC1. The van der Waals surface area contributed by atoms with Crippen LogP contribution in [0.5, 0.6) is 5.75 Å². The fourth-order valence-corrected chi connectivity index (χ4v) is 4.11. The number of aromatic nitrogens is 1. The standard InChI is InChI=1S/C21H22ClF2N3O3/c1-19(3-4-19)21(29,8-25)15-6-11-17(30-9-20(11,2)18(26)28)16(27-15)10-5-12(22)14(24)7-13(10)23/h5-7,29H,3-4,8-9,25H2,1-2H3,(H2,26,28)/t20-,21-/m0/s1. The minimum Gasteiger partial charge on any atom is -0.489 e. The highest BCUT2D eigenvalue weighted by molar-refractivity contribution is 6.31. The smallest absolute Gasteiger partial charge is 0.231 e. The second-order valence-corrected chi connectivity index (χ2v) is 9.00. The molecule has 1 aromatic heterocycles. The third kappa shape index (κ3) is 2.81. The Morgan fingerprint density at radius 3 is 2.53 bits per heavy atom. The van der Waals surface area contributed by atoms with E-state index in [2.05, 4.69) is 4.98 Å². The van der Waals surface area contributed by atoms with Gasteiger partial charge < -0.3 is 21.3 Å². The van der Waals surface area contributed by atoms with E-state index in [1.165, 1.54) is 0 Å². The summed E-state index contributed by atoms with van der Waals surface area (Å²) >= 11 is 5.88. The topological polar surface area (TPSA) is 111 Å². The Morgan fingerprint density at radius 2 is 1.97 bits per heavy atom. The maximum Gasteiger partial charge on any atom is 0.231 e. The highest BCUT2D eigenvalue weighted by Gasteiger charge is 2.57. The minimum atomic E-state index is -1.52. The maximum absolute atomic E-state index is 14.7. The second-order valence-electron chi connectivity index (χ2n) is 8.59. The molecule has 1 aliphatic carbocycles. The molecular weight excluding hydrogens is 416 g/mol. The molecule has 0 spiro atoms. The number of rotatable bonds is 5. The first kappa shape index (κ1) is 21.0. The molecule has 2 atom stereocenters. The van der Waals surface area contributed by atoms with Crippen molar-refractivity contribution in [3.05, 3.63) is 46.1 Å². The van der Waals surface area contributed by atoms with Crippen LogP contribution in [-0.2, 0) is 15.8 Å². The fraction of sp³-hybridized carbons (Fsp3) is 0.429. The van der Waals surface area contributed by atoms with Crippen molar-refractivity contribution in [1.82, 2.24) is 4.98 Å². The molecule has 2 aliphatic rings. The number of fused-ring (bicyclic) bond motifs is 1. The van der Waals surface area contributed by atoms with Crippen molar-refractivity contribution in [2.45, 2.75) is 37.7 Å². The zero-order valence-corrected chi connectivity index (χ0v) is 17.3. The van der Waals surface area contributed by atoms with Crippen molar-refractivity contribution in [3.63, 3.8) is 0 Å². The monoisotopic (exact) mass is 437 g/mol. The highest BCUT2D eigenvalue weighted by atomic mass is 35.5. The molecule has 30 heavy (non-hydrogen) atoms. The number of nitrogens with two attached hydrogens (primary N) is 2. The first-order chi connectivity index (χ1) is 14.0. The zero-order chi connectivity index (χ0) is 22.1.